The van der Waals surface area contributed by atoms with Crippen LogP contribution in [-0.2, 0) is 29.2 Å². The molecule has 2 aliphatic rings. The first kappa shape index (κ1) is 19.7. The Morgan fingerprint density at radius 3 is 2.67 bits per heavy atom. The van der Waals surface area contributed by atoms with Gasteiger partial charge >= 0.3 is 0 Å². The van der Waals surface area contributed by atoms with Gasteiger partial charge < -0.3 is 15.5 Å². The molecule has 2 aromatic rings. The highest BCUT2D eigenvalue weighted by molar-refractivity contribution is 6.30. The summed E-state index contributed by atoms with van der Waals surface area (Å²) in [6, 6.07) is 13.4. The number of carbonyl (C=O) groups is 2. The lowest BCUT2D eigenvalue weighted by Gasteiger charge is -2.17. The molecule has 0 spiro atoms. The molecule has 1 saturated heterocycles. The van der Waals surface area contributed by atoms with Gasteiger partial charge in [0.25, 0.3) is 0 Å². The second-order valence-corrected chi connectivity index (χ2v) is 7.24. The molecule has 5 nitrogen and oxygen atoms in total. The molecular formula is C20H21Cl2N3O2. The summed E-state index contributed by atoms with van der Waals surface area (Å²) in [5.41, 5.74) is 4.47. The van der Waals surface area contributed by atoms with Gasteiger partial charge in [0.15, 0.2) is 0 Å². The van der Waals surface area contributed by atoms with Crippen LogP contribution in [0.5, 0.6) is 0 Å². The van der Waals surface area contributed by atoms with Crippen LogP contribution >= 0.6 is 24.0 Å². The lowest BCUT2D eigenvalue weighted by molar-refractivity contribution is -0.126. The van der Waals surface area contributed by atoms with Crippen molar-refractivity contribution in [2.45, 2.75) is 26.1 Å². The zero-order chi connectivity index (χ0) is 18.1. The van der Waals surface area contributed by atoms with E-state index in [1.807, 2.05) is 6.07 Å². The van der Waals surface area contributed by atoms with Crippen molar-refractivity contribution in [2.24, 2.45) is 5.92 Å². The zero-order valence-corrected chi connectivity index (χ0v) is 16.3. The van der Waals surface area contributed by atoms with E-state index in [0.29, 0.717) is 18.1 Å². The molecule has 2 N–H and O–H groups in total. The normalized spacial score (nSPS) is 18.2. The Labute approximate surface area is 169 Å². The van der Waals surface area contributed by atoms with Gasteiger partial charge in [0, 0.05) is 43.3 Å². The van der Waals surface area contributed by atoms with Crippen molar-refractivity contribution in [2.75, 3.05) is 11.4 Å². The number of hydrogen-bond acceptors (Lipinski definition) is 3. The lowest BCUT2D eigenvalue weighted by Crippen LogP contribution is -2.32. The van der Waals surface area contributed by atoms with Crippen molar-refractivity contribution >= 4 is 41.5 Å². The third kappa shape index (κ3) is 4.26. The van der Waals surface area contributed by atoms with E-state index in [-0.39, 0.29) is 36.6 Å². The van der Waals surface area contributed by atoms with Crippen molar-refractivity contribution in [3.63, 3.8) is 0 Å². The minimum absolute atomic E-state index is 0. The van der Waals surface area contributed by atoms with E-state index >= 15 is 0 Å². The first-order valence-electron chi connectivity index (χ1n) is 8.75. The average Bonchev–Trinajstić information content (AvgIpc) is 3.26. The van der Waals surface area contributed by atoms with Gasteiger partial charge in [0.2, 0.25) is 11.8 Å². The summed E-state index contributed by atoms with van der Waals surface area (Å²) < 4.78 is 0. The van der Waals surface area contributed by atoms with Crippen molar-refractivity contribution in [3.8, 4) is 0 Å². The number of fused-ring (bicyclic) bond motifs is 1. The Morgan fingerprint density at radius 1 is 1.15 bits per heavy atom. The first-order valence-corrected chi connectivity index (χ1v) is 9.13. The summed E-state index contributed by atoms with van der Waals surface area (Å²) >= 11 is 5.90. The van der Waals surface area contributed by atoms with E-state index in [2.05, 4.69) is 22.8 Å². The molecule has 0 saturated carbocycles. The van der Waals surface area contributed by atoms with Crippen molar-refractivity contribution in [1.82, 2.24) is 10.6 Å². The van der Waals surface area contributed by atoms with E-state index in [4.69, 9.17) is 11.6 Å². The molecule has 1 atom stereocenters. The summed E-state index contributed by atoms with van der Waals surface area (Å²) in [6.07, 6.45) is 0.239. The van der Waals surface area contributed by atoms with Gasteiger partial charge in [-0.25, -0.2) is 0 Å². The lowest BCUT2D eigenvalue weighted by atomic mass is 10.1. The van der Waals surface area contributed by atoms with Gasteiger partial charge in [-0.15, -0.1) is 12.4 Å². The number of halogens is 2. The molecule has 0 aliphatic carbocycles. The number of amides is 2. The molecule has 27 heavy (non-hydrogen) atoms. The number of rotatable bonds is 4. The molecule has 2 aliphatic heterocycles. The summed E-state index contributed by atoms with van der Waals surface area (Å²) in [5, 5.41) is 6.91. The molecule has 0 aromatic heterocycles. The Morgan fingerprint density at radius 2 is 1.89 bits per heavy atom. The maximum absolute atomic E-state index is 12.5. The number of nitrogens with one attached hydrogen (secondary N) is 2. The van der Waals surface area contributed by atoms with Crippen LogP contribution in [0.3, 0.4) is 0 Å². The molecule has 142 valence electrons. The second-order valence-electron chi connectivity index (χ2n) is 6.81. The summed E-state index contributed by atoms with van der Waals surface area (Å²) in [5.74, 6) is -0.432. The quantitative estimate of drug-likeness (QED) is 0.821. The van der Waals surface area contributed by atoms with Crippen LogP contribution in [-0.4, -0.2) is 18.4 Å². The van der Waals surface area contributed by atoms with Gasteiger partial charge in [-0.2, -0.15) is 0 Å². The van der Waals surface area contributed by atoms with E-state index in [1.165, 1.54) is 11.1 Å². The Balaban J connectivity index is 0.00000210. The van der Waals surface area contributed by atoms with Gasteiger partial charge in [0.1, 0.15) is 0 Å². The molecule has 0 bridgehead atoms. The summed E-state index contributed by atoms with van der Waals surface area (Å²) in [6.45, 7) is 2.68. The zero-order valence-electron chi connectivity index (χ0n) is 14.7. The molecule has 2 heterocycles. The van der Waals surface area contributed by atoms with Gasteiger partial charge in [-0.3, -0.25) is 9.59 Å². The molecular weight excluding hydrogens is 385 g/mol. The molecule has 4 rings (SSSR count). The van der Waals surface area contributed by atoms with Crippen molar-refractivity contribution < 1.29 is 9.59 Å². The van der Waals surface area contributed by atoms with E-state index < -0.39 is 0 Å². The molecule has 1 unspecified atom stereocenters. The number of hydrogen-bond donors (Lipinski definition) is 2. The summed E-state index contributed by atoms with van der Waals surface area (Å²) in [7, 11) is 0. The fraction of sp³-hybridized carbons (Fsp3) is 0.300. The number of nitrogens with zero attached hydrogens (tertiary/aromatic N) is 1. The number of benzene rings is 2. The third-order valence-electron chi connectivity index (χ3n) is 5.00. The Hall–Kier alpha value is -2.08. The topological polar surface area (TPSA) is 61.4 Å². The third-order valence-corrected chi connectivity index (χ3v) is 5.25. The number of carbonyl (C=O) groups excluding carboxylic acids is 2. The fourth-order valence-corrected chi connectivity index (χ4v) is 3.67. The summed E-state index contributed by atoms with van der Waals surface area (Å²) in [4.78, 5) is 26.4. The highest BCUT2D eigenvalue weighted by atomic mass is 35.5. The SMILES string of the molecule is Cl.O=C(NCc1ccc2c(c1)CNC2)C1CC(=O)N(c2ccc(Cl)cc2)C1. The highest BCUT2D eigenvalue weighted by Crippen LogP contribution is 2.26. The standard InChI is InChI=1S/C20H20ClN3O2.ClH/c21-17-3-5-18(6-4-17)24-12-16(8-19(24)25)20(26)23-9-13-1-2-14-10-22-11-15(14)7-13;/h1-7,16,22H,8-12H2,(H,23,26);1H. The number of anilines is 1. The largest absolute Gasteiger partial charge is 0.352 e. The van der Waals surface area contributed by atoms with E-state index in [1.54, 1.807) is 29.2 Å². The smallest absolute Gasteiger partial charge is 0.227 e. The maximum Gasteiger partial charge on any atom is 0.227 e. The van der Waals surface area contributed by atoms with Gasteiger partial charge in [0.05, 0.1) is 5.92 Å². The molecule has 2 aromatic carbocycles. The van der Waals surface area contributed by atoms with Gasteiger partial charge in [-0.1, -0.05) is 29.8 Å². The van der Waals surface area contributed by atoms with Crippen LogP contribution < -0.4 is 15.5 Å². The van der Waals surface area contributed by atoms with Crippen LogP contribution in [0.15, 0.2) is 42.5 Å². The van der Waals surface area contributed by atoms with Crippen LogP contribution in [0.25, 0.3) is 0 Å². The monoisotopic (exact) mass is 405 g/mol. The highest BCUT2D eigenvalue weighted by Gasteiger charge is 2.34. The van der Waals surface area contributed by atoms with Gasteiger partial charge in [-0.05, 0) is 41.0 Å². The average molecular weight is 406 g/mol. The van der Waals surface area contributed by atoms with E-state index in [0.717, 1.165) is 24.3 Å². The molecule has 7 heteroatoms. The molecule has 1 fully saturated rings. The Kier molecular flexibility index (Phi) is 6.05. The first-order chi connectivity index (χ1) is 12.6. The maximum atomic E-state index is 12.5. The predicted molar refractivity (Wildman–Crippen MR) is 108 cm³/mol. The Bertz CT molecular complexity index is 855. The van der Waals surface area contributed by atoms with Crippen molar-refractivity contribution in [3.05, 3.63) is 64.2 Å². The molecule has 2 amide bonds. The van der Waals surface area contributed by atoms with Crippen LogP contribution in [0.1, 0.15) is 23.1 Å². The fourth-order valence-electron chi connectivity index (χ4n) is 3.55. The van der Waals surface area contributed by atoms with E-state index in [9.17, 15) is 9.59 Å². The second kappa shape index (κ2) is 8.30. The molecule has 0 radical (unpaired) electrons. The minimum atomic E-state index is -0.325. The van der Waals surface area contributed by atoms with Crippen LogP contribution in [0.2, 0.25) is 5.02 Å². The minimum Gasteiger partial charge on any atom is -0.352 e. The van der Waals surface area contributed by atoms with Crippen LogP contribution in [0.4, 0.5) is 5.69 Å². The van der Waals surface area contributed by atoms with Crippen LogP contribution in [0, 0.1) is 5.92 Å². The van der Waals surface area contributed by atoms with Crippen molar-refractivity contribution in [1.29, 1.82) is 0 Å². The predicted octanol–water partition coefficient (Wildman–Crippen LogP) is 3.03.